The van der Waals surface area contributed by atoms with Crippen molar-refractivity contribution < 1.29 is 9.90 Å². The Kier molecular flexibility index (Phi) is 4.91. The van der Waals surface area contributed by atoms with Crippen molar-refractivity contribution in [2.45, 2.75) is 6.42 Å². The number of carboxylic acid groups (broad SMARTS) is 1. The van der Waals surface area contributed by atoms with Gasteiger partial charge in [0.05, 0.1) is 5.97 Å². The molecule has 20 heavy (non-hydrogen) atoms. The van der Waals surface area contributed by atoms with E-state index in [1.165, 1.54) is 6.07 Å². The van der Waals surface area contributed by atoms with Gasteiger partial charge in [-0.25, -0.2) is 0 Å². The van der Waals surface area contributed by atoms with Gasteiger partial charge in [0.2, 0.25) is 0 Å². The number of carbonyl (C=O) groups excluding carboxylic acids is 1. The molecule has 0 amide bonds. The fraction of sp³-hybridized carbons (Fsp3) is 0.125. The van der Waals surface area contributed by atoms with E-state index in [4.69, 9.17) is 11.6 Å². The Bertz CT molecular complexity index is 621. The highest BCUT2D eigenvalue weighted by Crippen LogP contribution is 2.10. The van der Waals surface area contributed by atoms with Crippen molar-refractivity contribution in [3.05, 3.63) is 70.2 Å². The first-order valence-corrected chi connectivity index (χ1v) is 6.59. The van der Waals surface area contributed by atoms with E-state index in [-0.39, 0.29) is 5.56 Å². The van der Waals surface area contributed by atoms with Gasteiger partial charge in [-0.3, -0.25) is 4.99 Å². The zero-order valence-corrected chi connectivity index (χ0v) is 11.5. The Morgan fingerprint density at radius 3 is 2.55 bits per heavy atom. The van der Waals surface area contributed by atoms with E-state index in [0.29, 0.717) is 17.1 Å². The molecule has 0 saturated carbocycles. The van der Waals surface area contributed by atoms with Crippen LogP contribution in [0.3, 0.4) is 0 Å². The van der Waals surface area contributed by atoms with Gasteiger partial charge in [0.25, 0.3) is 0 Å². The predicted molar refractivity (Wildman–Crippen MR) is 78.4 cm³/mol. The van der Waals surface area contributed by atoms with E-state index in [9.17, 15) is 9.90 Å². The lowest BCUT2D eigenvalue weighted by molar-refractivity contribution is -0.255. The molecule has 0 bridgehead atoms. The Labute approximate surface area is 122 Å². The van der Waals surface area contributed by atoms with Crippen molar-refractivity contribution in [3.63, 3.8) is 0 Å². The normalized spacial score (nSPS) is 10.8. The summed E-state index contributed by atoms with van der Waals surface area (Å²) in [6.07, 6.45) is 2.35. The van der Waals surface area contributed by atoms with Crippen LogP contribution in [0.25, 0.3) is 0 Å². The average Bonchev–Trinajstić information content (AvgIpc) is 2.46. The molecule has 0 fully saturated rings. The number of aromatic carboxylic acids is 1. The molecular weight excluding hydrogens is 274 g/mol. The number of halogens is 1. The third-order valence-corrected chi connectivity index (χ3v) is 3.11. The summed E-state index contributed by atoms with van der Waals surface area (Å²) < 4.78 is 0. The van der Waals surface area contributed by atoms with Gasteiger partial charge in [-0.1, -0.05) is 48.0 Å². The fourth-order valence-electron chi connectivity index (χ4n) is 1.80. The predicted octanol–water partition coefficient (Wildman–Crippen LogP) is 2.37. The summed E-state index contributed by atoms with van der Waals surface area (Å²) in [5.74, 6) is -1.19. The second-order valence-corrected chi connectivity index (χ2v) is 4.72. The number of hydrogen-bond donors (Lipinski definition) is 0. The van der Waals surface area contributed by atoms with Crippen LogP contribution >= 0.6 is 11.6 Å². The molecule has 0 atom stereocenters. The highest BCUT2D eigenvalue weighted by molar-refractivity contribution is 6.30. The largest absolute Gasteiger partial charge is 0.545 e. The smallest absolute Gasteiger partial charge is 0.0721 e. The third kappa shape index (κ3) is 3.93. The molecule has 3 nitrogen and oxygen atoms in total. The van der Waals surface area contributed by atoms with Crippen LogP contribution in [0.2, 0.25) is 5.02 Å². The molecule has 2 aromatic rings. The van der Waals surface area contributed by atoms with Gasteiger partial charge in [0.15, 0.2) is 0 Å². The summed E-state index contributed by atoms with van der Waals surface area (Å²) in [6.45, 7) is 0.586. The van der Waals surface area contributed by atoms with Crippen LogP contribution in [0.15, 0.2) is 53.5 Å². The highest BCUT2D eigenvalue weighted by atomic mass is 35.5. The Morgan fingerprint density at radius 1 is 1.15 bits per heavy atom. The SMILES string of the molecule is O=C([O-])c1ccccc1C=NCCc1ccc(Cl)cc1. The van der Waals surface area contributed by atoms with Gasteiger partial charge >= 0.3 is 0 Å². The van der Waals surface area contributed by atoms with Gasteiger partial charge in [-0.05, 0) is 24.1 Å². The van der Waals surface area contributed by atoms with Crippen molar-refractivity contribution >= 4 is 23.8 Å². The standard InChI is InChI=1S/C16H14ClNO2/c17-14-7-5-12(6-8-14)9-10-18-11-13-3-1-2-4-15(13)16(19)20/h1-8,11H,9-10H2,(H,19,20)/p-1. The molecule has 4 heteroatoms. The van der Waals surface area contributed by atoms with Gasteiger partial charge in [0, 0.05) is 28.9 Å². The first-order chi connectivity index (χ1) is 9.66. The van der Waals surface area contributed by atoms with Gasteiger partial charge in [0.1, 0.15) is 0 Å². The number of benzene rings is 2. The summed E-state index contributed by atoms with van der Waals surface area (Å²) in [5.41, 5.74) is 1.85. The molecule has 0 N–H and O–H groups in total. The molecule has 0 radical (unpaired) electrons. The first-order valence-electron chi connectivity index (χ1n) is 6.21. The molecule has 0 spiro atoms. The second-order valence-electron chi connectivity index (χ2n) is 4.29. The molecule has 0 unspecified atom stereocenters. The Hall–Kier alpha value is -2.13. The number of rotatable bonds is 5. The third-order valence-electron chi connectivity index (χ3n) is 2.85. The van der Waals surface area contributed by atoms with Gasteiger partial charge < -0.3 is 9.90 Å². The van der Waals surface area contributed by atoms with Crippen molar-refractivity contribution in [2.24, 2.45) is 4.99 Å². The summed E-state index contributed by atoms with van der Waals surface area (Å²) in [4.78, 5) is 15.2. The molecule has 0 aliphatic carbocycles. The van der Waals surface area contributed by atoms with Crippen LogP contribution in [-0.2, 0) is 6.42 Å². The van der Waals surface area contributed by atoms with E-state index in [1.807, 2.05) is 24.3 Å². The van der Waals surface area contributed by atoms with Gasteiger partial charge in [-0.2, -0.15) is 0 Å². The van der Waals surface area contributed by atoms with E-state index in [1.54, 1.807) is 24.4 Å². The van der Waals surface area contributed by atoms with Crippen molar-refractivity contribution in [2.75, 3.05) is 6.54 Å². The van der Waals surface area contributed by atoms with E-state index >= 15 is 0 Å². The number of aliphatic imine (C=N–C) groups is 1. The lowest BCUT2D eigenvalue weighted by Crippen LogP contribution is -2.23. The quantitative estimate of drug-likeness (QED) is 0.792. The van der Waals surface area contributed by atoms with E-state index < -0.39 is 5.97 Å². The Morgan fingerprint density at radius 2 is 1.85 bits per heavy atom. The molecular formula is C16H13ClNO2-. The Balaban J connectivity index is 1.97. The molecule has 2 rings (SSSR count). The number of nitrogens with zero attached hydrogens (tertiary/aromatic N) is 1. The summed E-state index contributed by atoms with van der Waals surface area (Å²) in [6, 6.07) is 14.2. The molecule has 0 saturated heterocycles. The minimum Gasteiger partial charge on any atom is -0.545 e. The number of hydrogen-bond acceptors (Lipinski definition) is 3. The van der Waals surface area contributed by atoms with Crippen LogP contribution in [0.1, 0.15) is 21.5 Å². The molecule has 0 aliphatic heterocycles. The molecule has 0 aliphatic rings. The van der Waals surface area contributed by atoms with Crippen molar-refractivity contribution in [1.82, 2.24) is 0 Å². The van der Waals surface area contributed by atoms with E-state index in [0.717, 1.165) is 12.0 Å². The van der Waals surface area contributed by atoms with Crippen molar-refractivity contribution in [1.29, 1.82) is 0 Å². The number of carboxylic acids is 1. The fourth-order valence-corrected chi connectivity index (χ4v) is 1.93. The number of carbonyl (C=O) groups is 1. The molecule has 0 heterocycles. The minimum atomic E-state index is -1.19. The summed E-state index contributed by atoms with van der Waals surface area (Å²) in [5, 5.41) is 11.6. The maximum absolute atomic E-state index is 10.9. The summed E-state index contributed by atoms with van der Waals surface area (Å²) >= 11 is 5.81. The molecule has 102 valence electrons. The van der Waals surface area contributed by atoms with Crippen LogP contribution in [0.4, 0.5) is 0 Å². The van der Waals surface area contributed by atoms with Crippen LogP contribution in [0.5, 0.6) is 0 Å². The average molecular weight is 287 g/mol. The maximum Gasteiger partial charge on any atom is 0.0721 e. The van der Waals surface area contributed by atoms with Crippen LogP contribution in [0, 0.1) is 0 Å². The first kappa shape index (κ1) is 14.3. The maximum atomic E-state index is 10.9. The molecule has 0 aromatic heterocycles. The van der Waals surface area contributed by atoms with Crippen LogP contribution < -0.4 is 5.11 Å². The lowest BCUT2D eigenvalue weighted by atomic mass is 10.1. The van der Waals surface area contributed by atoms with Crippen LogP contribution in [-0.4, -0.2) is 18.7 Å². The zero-order chi connectivity index (χ0) is 14.4. The van der Waals surface area contributed by atoms with E-state index in [2.05, 4.69) is 4.99 Å². The second kappa shape index (κ2) is 6.87. The molecule has 2 aromatic carbocycles. The highest BCUT2D eigenvalue weighted by Gasteiger charge is 1.99. The lowest BCUT2D eigenvalue weighted by Gasteiger charge is -2.05. The summed E-state index contributed by atoms with van der Waals surface area (Å²) in [7, 11) is 0. The monoisotopic (exact) mass is 286 g/mol. The van der Waals surface area contributed by atoms with Gasteiger partial charge in [-0.15, -0.1) is 0 Å². The minimum absolute atomic E-state index is 0.155. The van der Waals surface area contributed by atoms with Crippen molar-refractivity contribution in [3.8, 4) is 0 Å². The zero-order valence-electron chi connectivity index (χ0n) is 10.8. The topological polar surface area (TPSA) is 52.5 Å².